The van der Waals surface area contributed by atoms with Gasteiger partial charge in [-0.1, -0.05) is 6.07 Å². The molecule has 5 heteroatoms. The highest BCUT2D eigenvalue weighted by Crippen LogP contribution is 2.29. The Morgan fingerprint density at radius 1 is 1.50 bits per heavy atom. The van der Waals surface area contributed by atoms with Gasteiger partial charge in [0.25, 0.3) is 0 Å². The van der Waals surface area contributed by atoms with Crippen LogP contribution >= 0.6 is 11.8 Å². The number of carbonyl (C=O) groups is 1. The quantitative estimate of drug-likeness (QED) is 0.682. The Morgan fingerprint density at radius 2 is 2.15 bits per heavy atom. The maximum Gasteiger partial charge on any atom is 0.316 e. The number of carbonyl (C=O) groups excluding carboxylic acids is 1. The lowest BCUT2D eigenvalue weighted by atomic mass is 10.1. The van der Waals surface area contributed by atoms with E-state index in [1.54, 1.807) is 25.1 Å². The fourth-order valence-corrected chi connectivity index (χ4v) is 2.53. The fraction of sp³-hybridized carbons (Fsp3) is 0.467. The van der Waals surface area contributed by atoms with E-state index >= 15 is 0 Å². The van der Waals surface area contributed by atoms with Crippen LogP contribution in [0.3, 0.4) is 0 Å². The fourth-order valence-electron chi connectivity index (χ4n) is 1.58. The molecular formula is C15H19NO3S. The van der Waals surface area contributed by atoms with Crippen molar-refractivity contribution in [1.82, 2.24) is 0 Å². The number of aliphatic hydroxyl groups excluding tert-OH is 1. The van der Waals surface area contributed by atoms with E-state index in [9.17, 15) is 9.90 Å². The topological polar surface area (TPSA) is 70.3 Å². The van der Waals surface area contributed by atoms with Crippen LogP contribution in [0.2, 0.25) is 0 Å². The first-order chi connectivity index (χ1) is 9.23. The zero-order valence-corrected chi connectivity index (χ0v) is 13.0. The first kappa shape index (κ1) is 16.5. The second kappa shape index (κ2) is 6.78. The number of nitrogens with zero attached hydrogens (tertiary/aromatic N) is 1. The van der Waals surface area contributed by atoms with Crippen LogP contribution in [0.4, 0.5) is 0 Å². The average molecular weight is 293 g/mol. The summed E-state index contributed by atoms with van der Waals surface area (Å²) in [5.41, 5.74) is 0.692. The number of esters is 1. The highest BCUT2D eigenvalue weighted by Gasteiger charge is 2.17. The van der Waals surface area contributed by atoms with Gasteiger partial charge >= 0.3 is 5.97 Å². The molecule has 0 unspecified atom stereocenters. The summed E-state index contributed by atoms with van der Waals surface area (Å²) in [4.78, 5) is 12.4. The molecule has 1 aromatic carbocycles. The number of thioether (sulfide) groups is 1. The van der Waals surface area contributed by atoms with Crippen molar-refractivity contribution in [3.8, 4) is 6.07 Å². The molecule has 0 fully saturated rings. The van der Waals surface area contributed by atoms with Crippen molar-refractivity contribution in [2.24, 2.45) is 0 Å². The molecule has 0 aliphatic carbocycles. The van der Waals surface area contributed by atoms with Gasteiger partial charge in [-0.3, -0.25) is 4.79 Å². The molecule has 0 aromatic heterocycles. The third kappa shape index (κ3) is 5.24. The van der Waals surface area contributed by atoms with Crippen LogP contribution in [0, 0.1) is 11.3 Å². The van der Waals surface area contributed by atoms with Crippen molar-refractivity contribution in [3.05, 3.63) is 29.3 Å². The minimum Gasteiger partial charge on any atom is -0.459 e. The normalized spacial score (nSPS) is 12.6. The van der Waals surface area contributed by atoms with E-state index in [-0.39, 0.29) is 11.7 Å². The maximum atomic E-state index is 11.7. The standard InChI is InChI=1S/C15H19NO3S/c1-10(17)12-6-5-11(8-16)7-13(12)20-9-14(18)19-15(2,3)4/h5-7,10,17H,9H2,1-4H3/t10-/m1/s1. The molecule has 1 aromatic rings. The highest BCUT2D eigenvalue weighted by molar-refractivity contribution is 8.00. The summed E-state index contributed by atoms with van der Waals surface area (Å²) in [5.74, 6) is -0.173. The van der Waals surface area contributed by atoms with Crippen molar-refractivity contribution >= 4 is 17.7 Å². The lowest BCUT2D eigenvalue weighted by molar-refractivity contribution is -0.151. The predicted molar refractivity (Wildman–Crippen MR) is 78.4 cm³/mol. The monoisotopic (exact) mass is 293 g/mol. The highest BCUT2D eigenvalue weighted by atomic mass is 32.2. The Morgan fingerprint density at radius 3 is 2.65 bits per heavy atom. The SMILES string of the molecule is C[C@@H](O)c1ccc(C#N)cc1SCC(=O)OC(C)(C)C. The van der Waals surface area contributed by atoms with Crippen molar-refractivity contribution in [1.29, 1.82) is 5.26 Å². The lowest BCUT2D eigenvalue weighted by Gasteiger charge is -2.19. The summed E-state index contributed by atoms with van der Waals surface area (Å²) in [6.45, 7) is 7.09. The molecule has 0 saturated carbocycles. The Labute approximate surface area is 123 Å². The number of rotatable bonds is 4. The average Bonchev–Trinajstić information content (AvgIpc) is 2.33. The van der Waals surface area contributed by atoms with Crippen LogP contribution in [-0.2, 0) is 9.53 Å². The molecule has 20 heavy (non-hydrogen) atoms. The molecule has 108 valence electrons. The molecule has 0 bridgehead atoms. The van der Waals surface area contributed by atoms with Gasteiger partial charge in [0.2, 0.25) is 0 Å². The molecule has 1 N–H and O–H groups in total. The lowest BCUT2D eigenvalue weighted by Crippen LogP contribution is -2.24. The first-order valence-electron chi connectivity index (χ1n) is 6.29. The van der Waals surface area contributed by atoms with Crippen molar-refractivity contribution in [3.63, 3.8) is 0 Å². The molecule has 0 spiro atoms. The van der Waals surface area contributed by atoms with E-state index in [0.717, 1.165) is 4.90 Å². The van der Waals surface area contributed by atoms with E-state index in [1.807, 2.05) is 26.8 Å². The summed E-state index contributed by atoms with van der Waals surface area (Å²) in [6.07, 6.45) is -0.649. The largest absolute Gasteiger partial charge is 0.459 e. The molecule has 0 aliphatic rings. The summed E-state index contributed by atoms with van der Waals surface area (Å²) < 4.78 is 5.23. The number of hydrogen-bond acceptors (Lipinski definition) is 5. The Kier molecular flexibility index (Phi) is 5.61. The number of hydrogen-bond donors (Lipinski definition) is 1. The number of aliphatic hydroxyl groups is 1. The van der Waals surface area contributed by atoms with Gasteiger partial charge in [0.05, 0.1) is 23.5 Å². The second-order valence-electron chi connectivity index (χ2n) is 5.42. The molecule has 1 atom stereocenters. The summed E-state index contributed by atoms with van der Waals surface area (Å²) in [5, 5.41) is 18.6. The summed E-state index contributed by atoms with van der Waals surface area (Å²) in [7, 11) is 0. The van der Waals surface area contributed by atoms with Gasteiger partial charge in [-0.2, -0.15) is 5.26 Å². The zero-order chi connectivity index (χ0) is 15.3. The van der Waals surface area contributed by atoms with Gasteiger partial charge in [0, 0.05) is 4.90 Å². The Bertz CT molecular complexity index is 527. The van der Waals surface area contributed by atoms with Crippen molar-refractivity contribution < 1.29 is 14.6 Å². The van der Waals surface area contributed by atoms with Gasteiger partial charge < -0.3 is 9.84 Å². The van der Waals surface area contributed by atoms with E-state index in [0.29, 0.717) is 11.1 Å². The van der Waals surface area contributed by atoms with Gasteiger partial charge in [0.1, 0.15) is 5.60 Å². The summed E-state index contributed by atoms with van der Waals surface area (Å²) >= 11 is 1.27. The smallest absolute Gasteiger partial charge is 0.316 e. The number of benzene rings is 1. The van der Waals surface area contributed by atoms with Crippen molar-refractivity contribution in [2.75, 3.05) is 5.75 Å². The van der Waals surface area contributed by atoms with Gasteiger partial charge in [-0.15, -0.1) is 11.8 Å². The molecule has 0 amide bonds. The van der Waals surface area contributed by atoms with Crippen LogP contribution < -0.4 is 0 Å². The van der Waals surface area contributed by atoms with Gasteiger partial charge in [-0.05, 0) is 45.4 Å². The third-order valence-corrected chi connectivity index (χ3v) is 3.40. The first-order valence-corrected chi connectivity index (χ1v) is 7.28. The van der Waals surface area contributed by atoms with Gasteiger partial charge in [-0.25, -0.2) is 0 Å². The minimum atomic E-state index is -0.649. The van der Waals surface area contributed by atoms with Crippen LogP contribution in [0.25, 0.3) is 0 Å². The molecule has 0 heterocycles. The van der Waals surface area contributed by atoms with Crippen molar-refractivity contribution in [2.45, 2.75) is 44.3 Å². The van der Waals surface area contributed by atoms with Crippen LogP contribution in [-0.4, -0.2) is 22.4 Å². The molecule has 0 saturated heterocycles. The zero-order valence-electron chi connectivity index (χ0n) is 12.1. The number of nitriles is 1. The molecule has 1 rings (SSSR count). The predicted octanol–water partition coefficient (Wildman–Crippen LogP) is 3.05. The minimum absolute atomic E-state index is 0.145. The Balaban J connectivity index is 2.81. The van der Waals surface area contributed by atoms with E-state index < -0.39 is 11.7 Å². The second-order valence-corrected chi connectivity index (χ2v) is 6.43. The summed E-state index contributed by atoms with van der Waals surface area (Å²) in [6, 6.07) is 7.09. The third-order valence-electron chi connectivity index (χ3n) is 2.36. The van der Waals surface area contributed by atoms with Crippen LogP contribution in [0.1, 0.15) is 44.9 Å². The van der Waals surface area contributed by atoms with E-state index in [4.69, 9.17) is 10.00 Å². The molecule has 4 nitrogen and oxygen atoms in total. The molecule has 0 aliphatic heterocycles. The van der Waals surface area contributed by atoms with E-state index in [2.05, 4.69) is 0 Å². The number of ether oxygens (including phenoxy) is 1. The van der Waals surface area contributed by atoms with Crippen LogP contribution in [0.15, 0.2) is 23.1 Å². The maximum absolute atomic E-state index is 11.7. The van der Waals surface area contributed by atoms with E-state index in [1.165, 1.54) is 11.8 Å². The Hall–Kier alpha value is -1.51. The van der Waals surface area contributed by atoms with Crippen LogP contribution in [0.5, 0.6) is 0 Å². The molecule has 0 radical (unpaired) electrons. The van der Waals surface area contributed by atoms with Gasteiger partial charge in [0.15, 0.2) is 0 Å². The molecular weight excluding hydrogens is 274 g/mol.